The van der Waals surface area contributed by atoms with Crippen molar-refractivity contribution in [3.63, 3.8) is 0 Å². The van der Waals surface area contributed by atoms with Crippen LogP contribution in [0.1, 0.15) is 24.3 Å². The minimum absolute atomic E-state index is 0.0208. The number of halogens is 1. The fourth-order valence-electron chi connectivity index (χ4n) is 2.69. The average Bonchev–Trinajstić information content (AvgIpc) is 2.41. The molecule has 1 aliphatic heterocycles. The van der Waals surface area contributed by atoms with E-state index in [0.29, 0.717) is 5.92 Å². The summed E-state index contributed by atoms with van der Waals surface area (Å²) in [6, 6.07) is 4.97. The molecule has 0 spiro atoms. The van der Waals surface area contributed by atoms with E-state index in [9.17, 15) is 9.50 Å². The van der Waals surface area contributed by atoms with Crippen LogP contribution in [0, 0.1) is 11.7 Å². The summed E-state index contributed by atoms with van der Waals surface area (Å²) in [5.74, 6) is 0.333. The number of hydrogen-bond donors (Lipinski definition) is 2. The van der Waals surface area contributed by atoms with Gasteiger partial charge < -0.3 is 15.2 Å². The SMILES string of the molecule is COc1ccc(C(CO)C2CCNCC2)cc1F. The highest BCUT2D eigenvalue weighted by Crippen LogP contribution is 2.32. The third kappa shape index (κ3) is 2.82. The summed E-state index contributed by atoms with van der Waals surface area (Å²) < 4.78 is 18.6. The summed E-state index contributed by atoms with van der Waals surface area (Å²) in [5.41, 5.74) is 0.864. The summed E-state index contributed by atoms with van der Waals surface area (Å²) in [6.45, 7) is 2.01. The van der Waals surface area contributed by atoms with Gasteiger partial charge in [-0.2, -0.15) is 0 Å². The molecule has 1 fully saturated rings. The molecule has 1 unspecified atom stereocenters. The molecule has 100 valence electrons. The molecule has 0 aromatic heterocycles. The van der Waals surface area contributed by atoms with Crippen LogP contribution in [0.3, 0.4) is 0 Å². The lowest BCUT2D eigenvalue weighted by Crippen LogP contribution is -2.32. The molecule has 1 aromatic rings. The van der Waals surface area contributed by atoms with E-state index in [1.54, 1.807) is 6.07 Å². The van der Waals surface area contributed by atoms with Gasteiger partial charge in [-0.25, -0.2) is 4.39 Å². The summed E-state index contributed by atoms with van der Waals surface area (Å²) in [5, 5.41) is 12.9. The van der Waals surface area contributed by atoms with Gasteiger partial charge in [-0.1, -0.05) is 6.07 Å². The van der Waals surface area contributed by atoms with Gasteiger partial charge in [0.2, 0.25) is 0 Å². The lowest BCUT2D eigenvalue weighted by atomic mass is 9.81. The highest BCUT2D eigenvalue weighted by molar-refractivity contribution is 5.31. The van der Waals surface area contributed by atoms with Gasteiger partial charge >= 0.3 is 0 Å². The molecule has 1 aliphatic rings. The summed E-state index contributed by atoms with van der Waals surface area (Å²) >= 11 is 0. The minimum Gasteiger partial charge on any atom is -0.494 e. The Labute approximate surface area is 107 Å². The van der Waals surface area contributed by atoms with Gasteiger partial charge in [0.1, 0.15) is 0 Å². The maximum Gasteiger partial charge on any atom is 0.165 e. The molecule has 3 nitrogen and oxygen atoms in total. The normalized spacial score (nSPS) is 18.6. The van der Waals surface area contributed by atoms with Crippen LogP contribution in [0.2, 0.25) is 0 Å². The molecule has 1 saturated heterocycles. The molecule has 0 saturated carbocycles. The molecule has 4 heteroatoms. The van der Waals surface area contributed by atoms with E-state index in [4.69, 9.17) is 4.74 Å². The predicted octanol–water partition coefficient (Wildman–Crippen LogP) is 1.91. The Balaban J connectivity index is 2.18. The van der Waals surface area contributed by atoms with Crippen LogP contribution in [0.25, 0.3) is 0 Å². The van der Waals surface area contributed by atoms with Crippen molar-refractivity contribution >= 4 is 0 Å². The Morgan fingerprint density at radius 2 is 2.17 bits per heavy atom. The van der Waals surface area contributed by atoms with E-state index in [0.717, 1.165) is 31.5 Å². The number of aliphatic hydroxyl groups is 1. The average molecular weight is 253 g/mol. The quantitative estimate of drug-likeness (QED) is 0.861. The summed E-state index contributed by atoms with van der Waals surface area (Å²) in [6.07, 6.45) is 2.05. The number of benzene rings is 1. The standard InChI is InChI=1S/C14H20FNO2/c1-18-14-3-2-11(8-13(14)15)12(9-17)10-4-6-16-7-5-10/h2-3,8,10,12,16-17H,4-7,9H2,1H3. The zero-order valence-corrected chi connectivity index (χ0v) is 10.7. The Morgan fingerprint density at radius 1 is 1.44 bits per heavy atom. The Kier molecular flexibility index (Phi) is 4.55. The third-order valence-corrected chi connectivity index (χ3v) is 3.75. The van der Waals surface area contributed by atoms with Gasteiger partial charge in [-0.05, 0) is 49.5 Å². The number of ether oxygens (including phenoxy) is 1. The first-order valence-electron chi connectivity index (χ1n) is 6.41. The van der Waals surface area contributed by atoms with Crippen molar-refractivity contribution in [3.8, 4) is 5.75 Å². The lowest BCUT2D eigenvalue weighted by Gasteiger charge is -2.30. The first kappa shape index (κ1) is 13.3. The maximum atomic E-state index is 13.7. The van der Waals surface area contributed by atoms with Crippen LogP contribution in [-0.2, 0) is 0 Å². The van der Waals surface area contributed by atoms with E-state index >= 15 is 0 Å². The van der Waals surface area contributed by atoms with Crippen LogP contribution >= 0.6 is 0 Å². The third-order valence-electron chi connectivity index (χ3n) is 3.75. The smallest absolute Gasteiger partial charge is 0.165 e. The molecule has 0 radical (unpaired) electrons. The van der Waals surface area contributed by atoms with Gasteiger partial charge in [0.25, 0.3) is 0 Å². The van der Waals surface area contributed by atoms with Crippen molar-refractivity contribution in [2.24, 2.45) is 5.92 Å². The van der Waals surface area contributed by atoms with Crippen LogP contribution in [0.4, 0.5) is 4.39 Å². The largest absolute Gasteiger partial charge is 0.494 e. The fraction of sp³-hybridized carbons (Fsp3) is 0.571. The molecule has 1 heterocycles. The molecule has 0 bridgehead atoms. The molecular formula is C14H20FNO2. The van der Waals surface area contributed by atoms with Gasteiger partial charge in [0.15, 0.2) is 11.6 Å². The second-order valence-electron chi connectivity index (χ2n) is 4.77. The number of piperidine rings is 1. The minimum atomic E-state index is -0.359. The second-order valence-corrected chi connectivity index (χ2v) is 4.77. The molecule has 0 aliphatic carbocycles. The van der Waals surface area contributed by atoms with Crippen LogP contribution in [-0.4, -0.2) is 31.9 Å². The van der Waals surface area contributed by atoms with E-state index in [2.05, 4.69) is 5.32 Å². The fourth-order valence-corrected chi connectivity index (χ4v) is 2.69. The first-order valence-corrected chi connectivity index (χ1v) is 6.41. The predicted molar refractivity (Wildman–Crippen MR) is 68.4 cm³/mol. The summed E-state index contributed by atoms with van der Waals surface area (Å²) in [7, 11) is 1.45. The van der Waals surface area contributed by atoms with Crippen molar-refractivity contribution in [1.82, 2.24) is 5.32 Å². The molecule has 2 rings (SSSR count). The van der Waals surface area contributed by atoms with Gasteiger partial charge in [0.05, 0.1) is 13.7 Å². The van der Waals surface area contributed by atoms with Crippen molar-refractivity contribution in [2.45, 2.75) is 18.8 Å². The van der Waals surface area contributed by atoms with Crippen LogP contribution in [0.5, 0.6) is 5.75 Å². The van der Waals surface area contributed by atoms with Gasteiger partial charge in [-0.15, -0.1) is 0 Å². The van der Waals surface area contributed by atoms with Gasteiger partial charge in [-0.3, -0.25) is 0 Å². The summed E-state index contributed by atoms with van der Waals surface area (Å²) in [4.78, 5) is 0. The second kappa shape index (κ2) is 6.16. The number of hydrogen-bond acceptors (Lipinski definition) is 3. The van der Waals surface area contributed by atoms with E-state index in [-0.39, 0.29) is 24.1 Å². The van der Waals surface area contributed by atoms with Crippen LogP contribution < -0.4 is 10.1 Å². The Hall–Kier alpha value is -1.13. The molecule has 2 N–H and O–H groups in total. The molecule has 1 aromatic carbocycles. The monoisotopic (exact) mass is 253 g/mol. The maximum absolute atomic E-state index is 13.7. The first-order chi connectivity index (χ1) is 8.76. The molecular weight excluding hydrogens is 233 g/mol. The van der Waals surface area contributed by atoms with E-state index in [1.807, 2.05) is 6.07 Å². The number of rotatable bonds is 4. The van der Waals surface area contributed by atoms with E-state index < -0.39 is 0 Å². The zero-order valence-electron chi connectivity index (χ0n) is 10.7. The van der Waals surface area contributed by atoms with Crippen LogP contribution in [0.15, 0.2) is 18.2 Å². The van der Waals surface area contributed by atoms with Gasteiger partial charge in [0, 0.05) is 5.92 Å². The number of aliphatic hydroxyl groups excluding tert-OH is 1. The number of methoxy groups -OCH3 is 1. The Bertz CT molecular complexity index is 391. The lowest BCUT2D eigenvalue weighted by molar-refractivity contribution is 0.201. The topological polar surface area (TPSA) is 41.5 Å². The zero-order chi connectivity index (χ0) is 13.0. The molecule has 0 amide bonds. The van der Waals surface area contributed by atoms with Crippen molar-refractivity contribution in [1.29, 1.82) is 0 Å². The van der Waals surface area contributed by atoms with Crippen molar-refractivity contribution < 1.29 is 14.2 Å². The van der Waals surface area contributed by atoms with Crippen molar-refractivity contribution in [3.05, 3.63) is 29.6 Å². The highest BCUT2D eigenvalue weighted by Gasteiger charge is 2.25. The Morgan fingerprint density at radius 3 is 2.72 bits per heavy atom. The highest BCUT2D eigenvalue weighted by atomic mass is 19.1. The van der Waals surface area contributed by atoms with Crippen molar-refractivity contribution in [2.75, 3.05) is 26.8 Å². The molecule has 18 heavy (non-hydrogen) atoms. The molecule has 1 atom stereocenters. The van der Waals surface area contributed by atoms with E-state index in [1.165, 1.54) is 13.2 Å². The number of nitrogens with one attached hydrogen (secondary N) is 1.